The van der Waals surface area contributed by atoms with Crippen LogP contribution in [0.25, 0.3) is 0 Å². The average molecular weight is 283 g/mol. The molecule has 0 heterocycles. The number of hydrogen-bond donors (Lipinski definition) is 1. The molecule has 0 aliphatic rings. The summed E-state index contributed by atoms with van der Waals surface area (Å²) in [5.74, 6) is -0.749. The Hall–Kier alpha value is -2.13. The Bertz CT molecular complexity index is 581. The number of carboxylic acid groups (broad SMARTS) is 1. The normalized spacial score (nSPS) is 10.8. The number of carboxylic acids is 1. The minimum absolute atomic E-state index is 0.184. The van der Waals surface area contributed by atoms with Gasteiger partial charge in [-0.05, 0) is 30.2 Å². The zero-order valence-corrected chi connectivity index (χ0v) is 12.3. The van der Waals surface area contributed by atoms with E-state index in [-0.39, 0.29) is 6.42 Å². The zero-order valence-electron chi connectivity index (χ0n) is 12.3. The van der Waals surface area contributed by atoms with Crippen molar-refractivity contribution in [3.63, 3.8) is 0 Å². The van der Waals surface area contributed by atoms with Crippen LogP contribution in [0.3, 0.4) is 0 Å². The maximum atomic E-state index is 10.6. The van der Waals surface area contributed by atoms with Crippen LogP contribution in [0.15, 0.2) is 54.6 Å². The Balaban J connectivity index is 1.92. The maximum Gasteiger partial charge on any atom is 0.303 e. The lowest BCUT2D eigenvalue weighted by Gasteiger charge is -2.17. The highest BCUT2D eigenvalue weighted by molar-refractivity contribution is 5.67. The van der Waals surface area contributed by atoms with E-state index >= 15 is 0 Å². The minimum Gasteiger partial charge on any atom is -0.481 e. The quantitative estimate of drug-likeness (QED) is 0.847. The molecule has 2 aromatic rings. The number of rotatable bonds is 7. The smallest absolute Gasteiger partial charge is 0.303 e. The number of carbonyl (C=O) groups is 1. The van der Waals surface area contributed by atoms with E-state index in [1.54, 1.807) is 0 Å². The zero-order chi connectivity index (χ0) is 15.1. The minimum atomic E-state index is -0.749. The van der Waals surface area contributed by atoms with Crippen LogP contribution in [-0.4, -0.2) is 23.0 Å². The van der Waals surface area contributed by atoms with Crippen molar-refractivity contribution < 1.29 is 9.90 Å². The highest BCUT2D eigenvalue weighted by atomic mass is 16.4. The molecule has 2 aromatic carbocycles. The maximum absolute atomic E-state index is 10.6. The van der Waals surface area contributed by atoms with Crippen LogP contribution in [0.4, 0.5) is 0 Å². The van der Waals surface area contributed by atoms with Gasteiger partial charge in [0.25, 0.3) is 0 Å². The van der Waals surface area contributed by atoms with Crippen LogP contribution in [0.5, 0.6) is 0 Å². The molecule has 110 valence electrons. The molecule has 0 unspecified atom stereocenters. The van der Waals surface area contributed by atoms with E-state index in [1.807, 2.05) is 18.2 Å². The van der Waals surface area contributed by atoms with Crippen molar-refractivity contribution in [1.82, 2.24) is 4.90 Å². The van der Waals surface area contributed by atoms with Gasteiger partial charge >= 0.3 is 5.97 Å². The van der Waals surface area contributed by atoms with Gasteiger partial charge in [0.05, 0.1) is 0 Å². The van der Waals surface area contributed by atoms with Crippen molar-refractivity contribution >= 4 is 5.97 Å². The van der Waals surface area contributed by atoms with Gasteiger partial charge in [0.1, 0.15) is 0 Å². The summed E-state index contributed by atoms with van der Waals surface area (Å²) in [6.45, 7) is 1.76. The molecule has 2 rings (SSSR count). The topological polar surface area (TPSA) is 40.5 Å². The summed E-state index contributed by atoms with van der Waals surface area (Å²) >= 11 is 0. The average Bonchev–Trinajstić information content (AvgIpc) is 2.46. The van der Waals surface area contributed by atoms with Gasteiger partial charge in [0.15, 0.2) is 0 Å². The summed E-state index contributed by atoms with van der Waals surface area (Å²) in [7, 11) is 2.09. The first-order valence-corrected chi connectivity index (χ1v) is 7.15. The lowest BCUT2D eigenvalue weighted by molar-refractivity contribution is -0.136. The first-order chi connectivity index (χ1) is 10.1. The fourth-order valence-electron chi connectivity index (χ4n) is 2.40. The lowest BCUT2D eigenvalue weighted by atomic mass is 10.1. The Morgan fingerprint density at radius 3 is 2.29 bits per heavy atom. The molecule has 0 fully saturated rings. The largest absolute Gasteiger partial charge is 0.481 e. The van der Waals surface area contributed by atoms with Gasteiger partial charge < -0.3 is 5.11 Å². The second-order valence-electron chi connectivity index (χ2n) is 5.37. The van der Waals surface area contributed by atoms with Gasteiger partial charge in [-0.25, -0.2) is 0 Å². The van der Waals surface area contributed by atoms with E-state index in [9.17, 15) is 4.79 Å². The standard InChI is InChI=1S/C18H21NO2/c1-19(13-16-6-3-2-4-7-16)14-17-9-5-8-15(12-17)10-11-18(20)21/h2-9,12H,10-11,13-14H2,1H3,(H,20,21). The van der Waals surface area contributed by atoms with E-state index in [0.29, 0.717) is 6.42 Å². The molecule has 0 aliphatic carbocycles. The molecule has 1 N–H and O–H groups in total. The van der Waals surface area contributed by atoms with E-state index in [2.05, 4.69) is 48.3 Å². The lowest BCUT2D eigenvalue weighted by Crippen LogP contribution is -2.17. The Morgan fingerprint density at radius 2 is 1.57 bits per heavy atom. The van der Waals surface area contributed by atoms with Crippen LogP contribution >= 0.6 is 0 Å². The summed E-state index contributed by atoms with van der Waals surface area (Å²) in [5.41, 5.74) is 3.60. The van der Waals surface area contributed by atoms with Gasteiger partial charge in [-0.3, -0.25) is 9.69 Å². The summed E-state index contributed by atoms with van der Waals surface area (Å²) in [6.07, 6.45) is 0.773. The third-order valence-electron chi connectivity index (χ3n) is 3.37. The predicted molar refractivity (Wildman–Crippen MR) is 84.0 cm³/mol. The highest BCUT2D eigenvalue weighted by Crippen LogP contribution is 2.11. The SMILES string of the molecule is CN(Cc1ccccc1)Cc1cccc(CCC(=O)O)c1. The number of benzene rings is 2. The van der Waals surface area contributed by atoms with Crippen LogP contribution in [0, 0.1) is 0 Å². The van der Waals surface area contributed by atoms with E-state index in [0.717, 1.165) is 18.7 Å². The first-order valence-electron chi connectivity index (χ1n) is 7.15. The third-order valence-corrected chi connectivity index (χ3v) is 3.37. The molecular weight excluding hydrogens is 262 g/mol. The molecular formula is C18H21NO2. The van der Waals surface area contributed by atoms with Gasteiger partial charge in [-0.15, -0.1) is 0 Å². The monoisotopic (exact) mass is 283 g/mol. The van der Waals surface area contributed by atoms with Crippen LogP contribution < -0.4 is 0 Å². The molecule has 0 spiro atoms. The molecule has 21 heavy (non-hydrogen) atoms. The number of aliphatic carboxylic acids is 1. The second kappa shape index (κ2) is 7.60. The third kappa shape index (κ3) is 5.40. The van der Waals surface area contributed by atoms with Crippen molar-refractivity contribution in [3.8, 4) is 0 Å². The molecule has 0 aliphatic heterocycles. The molecule has 0 saturated carbocycles. The fourth-order valence-corrected chi connectivity index (χ4v) is 2.40. The van der Waals surface area contributed by atoms with Crippen LogP contribution in [0.1, 0.15) is 23.1 Å². The molecule has 0 saturated heterocycles. The molecule has 3 nitrogen and oxygen atoms in total. The Morgan fingerprint density at radius 1 is 0.952 bits per heavy atom. The van der Waals surface area contributed by atoms with E-state index in [4.69, 9.17) is 5.11 Å². The molecule has 3 heteroatoms. The molecule has 0 bridgehead atoms. The van der Waals surface area contributed by atoms with Gasteiger partial charge in [0, 0.05) is 19.5 Å². The Labute approximate surface area is 125 Å². The van der Waals surface area contributed by atoms with Gasteiger partial charge in [-0.2, -0.15) is 0 Å². The van der Waals surface area contributed by atoms with E-state index in [1.165, 1.54) is 11.1 Å². The number of hydrogen-bond acceptors (Lipinski definition) is 2. The van der Waals surface area contributed by atoms with Crippen molar-refractivity contribution in [1.29, 1.82) is 0 Å². The summed E-state index contributed by atoms with van der Waals surface area (Å²) < 4.78 is 0. The van der Waals surface area contributed by atoms with E-state index < -0.39 is 5.97 Å². The van der Waals surface area contributed by atoms with Crippen LogP contribution in [-0.2, 0) is 24.3 Å². The van der Waals surface area contributed by atoms with Crippen LogP contribution in [0.2, 0.25) is 0 Å². The van der Waals surface area contributed by atoms with Crippen molar-refractivity contribution in [3.05, 3.63) is 71.3 Å². The van der Waals surface area contributed by atoms with Gasteiger partial charge in [-0.1, -0.05) is 54.6 Å². The fraction of sp³-hybridized carbons (Fsp3) is 0.278. The van der Waals surface area contributed by atoms with Crippen molar-refractivity contribution in [2.45, 2.75) is 25.9 Å². The summed E-state index contributed by atoms with van der Waals surface area (Å²) in [5, 5.41) is 8.75. The summed E-state index contributed by atoms with van der Waals surface area (Å²) in [4.78, 5) is 12.9. The molecule has 0 amide bonds. The molecule has 0 aromatic heterocycles. The predicted octanol–water partition coefficient (Wildman–Crippen LogP) is 3.34. The molecule has 0 atom stereocenters. The highest BCUT2D eigenvalue weighted by Gasteiger charge is 2.04. The van der Waals surface area contributed by atoms with Crippen molar-refractivity contribution in [2.75, 3.05) is 7.05 Å². The van der Waals surface area contributed by atoms with Crippen molar-refractivity contribution in [2.24, 2.45) is 0 Å². The molecule has 0 radical (unpaired) electrons. The van der Waals surface area contributed by atoms with Gasteiger partial charge in [0.2, 0.25) is 0 Å². The second-order valence-corrected chi connectivity index (χ2v) is 5.37. The number of nitrogens with zero attached hydrogens (tertiary/aromatic N) is 1. The summed E-state index contributed by atoms with van der Waals surface area (Å²) in [6, 6.07) is 18.6. The number of aryl methyl sites for hydroxylation is 1. The first kappa shape index (κ1) is 15.3. The Kier molecular flexibility index (Phi) is 5.52.